The molecule has 0 atom stereocenters. The zero-order chi connectivity index (χ0) is 20.5. The second-order valence-corrected chi connectivity index (χ2v) is 8.38. The predicted molar refractivity (Wildman–Crippen MR) is 123 cm³/mol. The number of furan rings is 1. The molecule has 0 fully saturated rings. The first-order chi connectivity index (χ1) is 14.7. The standard InChI is InChI=1S/C26H20N2OS/c1-17-13-18(2)15-21(14-17)30-26-23-22(19-9-5-3-6-10-19)24(20-11-7-4-8-12-20)29-25(23)27-16-28-26/h3-16H,1-2H3. The van der Waals surface area contributed by atoms with Crippen LogP contribution in [0.4, 0.5) is 0 Å². The Hall–Kier alpha value is -3.37. The van der Waals surface area contributed by atoms with E-state index in [1.54, 1.807) is 18.1 Å². The number of benzene rings is 3. The number of rotatable bonds is 4. The molecule has 0 amide bonds. The van der Waals surface area contributed by atoms with Crippen LogP contribution < -0.4 is 0 Å². The molecule has 0 aliphatic rings. The summed E-state index contributed by atoms with van der Waals surface area (Å²) >= 11 is 1.65. The smallest absolute Gasteiger partial charge is 0.231 e. The summed E-state index contributed by atoms with van der Waals surface area (Å²) in [5, 5.41) is 1.85. The Morgan fingerprint density at radius 3 is 2.03 bits per heavy atom. The summed E-state index contributed by atoms with van der Waals surface area (Å²) in [5.74, 6) is 0.819. The third-order valence-electron chi connectivity index (χ3n) is 4.96. The van der Waals surface area contributed by atoms with Crippen LogP contribution in [0.3, 0.4) is 0 Å². The zero-order valence-corrected chi connectivity index (χ0v) is 17.6. The highest BCUT2D eigenvalue weighted by atomic mass is 32.2. The third-order valence-corrected chi connectivity index (χ3v) is 5.94. The molecule has 5 rings (SSSR count). The second kappa shape index (κ2) is 7.81. The Morgan fingerprint density at radius 1 is 0.733 bits per heavy atom. The molecular formula is C26H20N2OS. The largest absolute Gasteiger partial charge is 0.437 e. The Morgan fingerprint density at radius 2 is 1.37 bits per heavy atom. The van der Waals surface area contributed by atoms with E-state index < -0.39 is 0 Å². The lowest BCUT2D eigenvalue weighted by Crippen LogP contribution is -1.88. The normalized spacial score (nSPS) is 11.1. The molecule has 0 saturated carbocycles. The number of nitrogens with zero attached hydrogens (tertiary/aromatic N) is 2. The molecule has 0 spiro atoms. The van der Waals surface area contributed by atoms with E-state index in [0.29, 0.717) is 5.71 Å². The van der Waals surface area contributed by atoms with Gasteiger partial charge in [0, 0.05) is 16.0 Å². The zero-order valence-electron chi connectivity index (χ0n) is 16.8. The molecule has 0 unspecified atom stereocenters. The number of hydrogen-bond donors (Lipinski definition) is 0. The first kappa shape index (κ1) is 18.6. The van der Waals surface area contributed by atoms with Crippen molar-refractivity contribution in [2.75, 3.05) is 0 Å². The second-order valence-electron chi connectivity index (χ2n) is 7.32. The maximum atomic E-state index is 6.30. The summed E-state index contributed by atoms with van der Waals surface area (Å²) in [6, 6.07) is 27.1. The van der Waals surface area contributed by atoms with Crippen LogP contribution in [-0.2, 0) is 0 Å². The molecule has 0 aliphatic heterocycles. The minimum atomic E-state index is 0.606. The van der Waals surface area contributed by atoms with Gasteiger partial charge < -0.3 is 4.42 Å². The van der Waals surface area contributed by atoms with Crippen molar-refractivity contribution in [3.63, 3.8) is 0 Å². The van der Waals surface area contributed by atoms with Crippen molar-refractivity contribution in [1.82, 2.24) is 9.97 Å². The van der Waals surface area contributed by atoms with Gasteiger partial charge in [-0.2, -0.15) is 0 Å². The molecule has 30 heavy (non-hydrogen) atoms. The van der Waals surface area contributed by atoms with Gasteiger partial charge in [-0.1, -0.05) is 78.5 Å². The first-order valence-electron chi connectivity index (χ1n) is 9.83. The molecule has 0 saturated heterocycles. The van der Waals surface area contributed by atoms with Crippen LogP contribution in [0.25, 0.3) is 33.6 Å². The van der Waals surface area contributed by atoms with Crippen molar-refractivity contribution < 1.29 is 4.42 Å². The van der Waals surface area contributed by atoms with E-state index >= 15 is 0 Å². The Bertz CT molecular complexity index is 1310. The lowest BCUT2D eigenvalue weighted by Gasteiger charge is -2.07. The molecule has 2 heterocycles. The van der Waals surface area contributed by atoms with Crippen LogP contribution >= 0.6 is 11.8 Å². The minimum absolute atomic E-state index is 0.606. The van der Waals surface area contributed by atoms with Gasteiger partial charge in [-0.3, -0.25) is 0 Å². The van der Waals surface area contributed by atoms with Crippen molar-refractivity contribution in [3.05, 3.63) is 96.3 Å². The average molecular weight is 409 g/mol. The van der Waals surface area contributed by atoms with E-state index in [2.05, 4.69) is 66.3 Å². The fourth-order valence-electron chi connectivity index (χ4n) is 3.76. The highest BCUT2D eigenvalue weighted by Crippen LogP contribution is 2.44. The predicted octanol–water partition coefficient (Wildman–Crippen LogP) is 7.32. The topological polar surface area (TPSA) is 38.9 Å². The van der Waals surface area contributed by atoms with Gasteiger partial charge in [0.05, 0.1) is 5.39 Å². The third kappa shape index (κ3) is 3.51. The minimum Gasteiger partial charge on any atom is -0.437 e. The summed E-state index contributed by atoms with van der Waals surface area (Å²) in [6.07, 6.45) is 1.58. The summed E-state index contributed by atoms with van der Waals surface area (Å²) in [7, 11) is 0. The summed E-state index contributed by atoms with van der Waals surface area (Å²) in [4.78, 5) is 10.3. The quantitative estimate of drug-likeness (QED) is 0.292. The summed E-state index contributed by atoms with van der Waals surface area (Å²) < 4.78 is 6.30. The van der Waals surface area contributed by atoms with Gasteiger partial charge in [0.25, 0.3) is 0 Å². The Balaban J connectivity index is 1.76. The van der Waals surface area contributed by atoms with Crippen molar-refractivity contribution >= 4 is 22.9 Å². The molecule has 0 N–H and O–H groups in total. The fraction of sp³-hybridized carbons (Fsp3) is 0.0769. The molecule has 4 heteroatoms. The highest BCUT2D eigenvalue weighted by molar-refractivity contribution is 7.99. The van der Waals surface area contributed by atoms with Gasteiger partial charge >= 0.3 is 0 Å². The van der Waals surface area contributed by atoms with E-state index in [-0.39, 0.29) is 0 Å². The lowest BCUT2D eigenvalue weighted by atomic mass is 10.00. The maximum absolute atomic E-state index is 6.30. The van der Waals surface area contributed by atoms with E-state index in [1.165, 1.54) is 11.1 Å². The molecule has 146 valence electrons. The monoisotopic (exact) mass is 408 g/mol. The molecule has 0 bridgehead atoms. The van der Waals surface area contributed by atoms with Crippen molar-refractivity contribution in [3.8, 4) is 22.5 Å². The summed E-state index contributed by atoms with van der Waals surface area (Å²) in [5.41, 5.74) is 6.23. The van der Waals surface area contributed by atoms with Crippen molar-refractivity contribution in [2.45, 2.75) is 23.8 Å². The SMILES string of the molecule is Cc1cc(C)cc(Sc2ncnc3oc(-c4ccccc4)c(-c4ccccc4)c23)c1. The molecule has 0 radical (unpaired) electrons. The Kier molecular flexibility index (Phi) is 4.85. The van der Waals surface area contributed by atoms with E-state index in [1.807, 2.05) is 36.4 Å². The number of aromatic nitrogens is 2. The van der Waals surface area contributed by atoms with E-state index in [0.717, 1.165) is 37.8 Å². The first-order valence-corrected chi connectivity index (χ1v) is 10.7. The average Bonchev–Trinajstić information content (AvgIpc) is 3.15. The Labute approximate surface area is 179 Å². The maximum Gasteiger partial charge on any atom is 0.231 e. The number of aryl methyl sites for hydroxylation is 2. The summed E-state index contributed by atoms with van der Waals surface area (Å²) in [6.45, 7) is 4.24. The van der Waals surface area contributed by atoms with Crippen molar-refractivity contribution in [2.24, 2.45) is 0 Å². The van der Waals surface area contributed by atoms with Gasteiger partial charge in [-0.15, -0.1) is 0 Å². The van der Waals surface area contributed by atoms with Crippen molar-refractivity contribution in [1.29, 1.82) is 0 Å². The highest BCUT2D eigenvalue weighted by Gasteiger charge is 2.22. The van der Waals surface area contributed by atoms with E-state index in [9.17, 15) is 0 Å². The van der Waals surface area contributed by atoms with Crippen LogP contribution in [0.5, 0.6) is 0 Å². The van der Waals surface area contributed by atoms with Gasteiger partial charge in [0.15, 0.2) is 0 Å². The fourth-order valence-corrected chi connectivity index (χ4v) is 4.86. The molecule has 3 nitrogen and oxygen atoms in total. The lowest BCUT2D eigenvalue weighted by molar-refractivity contribution is 0.617. The van der Waals surface area contributed by atoms with Gasteiger partial charge in [-0.25, -0.2) is 9.97 Å². The number of fused-ring (bicyclic) bond motifs is 1. The van der Waals surface area contributed by atoms with Crippen LogP contribution in [0, 0.1) is 13.8 Å². The van der Waals surface area contributed by atoms with Crippen LogP contribution in [0.2, 0.25) is 0 Å². The van der Waals surface area contributed by atoms with E-state index in [4.69, 9.17) is 4.42 Å². The molecule has 2 aromatic heterocycles. The molecule has 0 aliphatic carbocycles. The van der Waals surface area contributed by atoms with Gasteiger partial charge in [0.2, 0.25) is 5.71 Å². The molecule has 3 aromatic carbocycles. The molecule has 5 aromatic rings. The number of hydrogen-bond acceptors (Lipinski definition) is 4. The van der Waals surface area contributed by atoms with Gasteiger partial charge in [0.1, 0.15) is 17.1 Å². The van der Waals surface area contributed by atoms with Crippen LogP contribution in [0.15, 0.2) is 99.5 Å². The van der Waals surface area contributed by atoms with Gasteiger partial charge in [-0.05, 0) is 42.7 Å². The van der Waals surface area contributed by atoms with Crippen LogP contribution in [-0.4, -0.2) is 9.97 Å². The van der Waals surface area contributed by atoms with Crippen LogP contribution in [0.1, 0.15) is 11.1 Å². The molecular weight excluding hydrogens is 388 g/mol.